The van der Waals surface area contributed by atoms with Crippen molar-refractivity contribution in [3.8, 4) is 0 Å². The molecule has 1 heterocycles. The Labute approximate surface area is 125 Å². The van der Waals surface area contributed by atoms with E-state index >= 15 is 0 Å². The predicted molar refractivity (Wildman–Crippen MR) is 76.4 cm³/mol. The third-order valence-corrected chi connectivity index (χ3v) is 4.10. The molecule has 2 rings (SSSR count). The van der Waals surface area contributed by atoms with Gasteiger partial charge in [-0.1, -0.05) is 18.2 Å². The highest BCUT2D eigenvalue weighted by molar-refractivity contribution is 14.1. The van der Waals surface area contributed by atoms with Gasteiger partial charge in [-0.2, -0.15) is 8.42 Å². The molecular weight excluding hydrogens is 385 g/mol. The quantitative estimate of drug-likeness (QED) is 0.772. The Balaban J connectivity index is 2.16. The van der Waals surface area contributed by atoms with Crippen molar-refractivity contribution in [2.24, 2.45) is 5.14 Å². The van der Waals surface area contributed by atoms with Crippen LogP contribution >= 0.6 is 22.6 Å². The van der Waals surface area contributed by atoms with Crippen LogP contribution < -0.4 is 5.14 Å². The lowest BCUT2D eigenvalue weighted by Gasteiger charge is -2.17. The third-order valence-electron chi connectivity index (χ3n) is 2.65. The maximum absolute atomic E-state index is 10.8. The van der Waals surface area contributed by atoms with Crippen molar-refractivity contribution in [2.75, 3.05) is 6.61 Å². The van der Waals surface area contributed by atoms with Gasteiger partial charge in [-0.3, -0.25) is 4.18 Å². The smallest absolute Gasteiger partial charge is 0.333 e. The van der Waals surface area contributed by atoms with Gasteiger partial charge in [-0.15, -0.1) is 0 Å². The van der Waals surface area contributed by atoms with Crippen molar-refractivity contribution in [3.05, 3.63) is 33.4 Å². The molecule has 3 unspecified atom stereocenters. The molecule has 0 amide bonds. The molecule has 19 heavy (non-hydrogen) atoms. The minimum absolute atomic E-state index is 0.168. The topological polar surface area (TPSA) is 87.9 Å². The fourth-order valence-corrected chi connectivity index (χ4v) is 2.93. The van der Waals surface area contributed by atoms with E-state index in [9.17, 15) is 8.42 Å². The van der Waals surface area contributed by atoms with Gasteiger partial charge in [-0.25, -0.2) is 5.14 Å². The Bertz CT molecular complexity index is 550. The van der Waals surface area contributed by atoms with Crippen LogP contribution in [0.15, 0.2) is 24.3 Å². The lowest BCUT2D eigenvalue weighted by Crippen LogP contribution is -2.27. The van der Waals surface area contributed by atoms with Gasteiger partial charge in [0, 0.05) is 3.57 Å². The second-order valence-corrected chi connectivity index (χ2v) is 6.48. The Kier molecular flexibility index (Phi) is 4.79. The fourth-order valence-electron chi connectivity index (χ4n) is 1.91. The van der Waals surface area contributed by atoms with E-state index in [0.29, 0.717) is 0 Å². The number of benzene rings is 1. The molecule has 0 aliphatic carbocycles. The van der Waals surface area contributed by atoms with Crippen molar-refractivity contribution < 1.29 is 22.1 Å². The van der Waals surface area contributed by atoms with E-state index in [1.807, 2.05) is 24.3 Å². The second kappa shape index (κ2) is 6.02. The van der Waals surface area contributed by atoms with Crippen LogP contribution in [0.1, 0.15) is 18.6 Å². The van der Waals surface area contributed by atoms with Crippen molar-refractivity contribution in [1.82, 2.24) is 0 Å². The second-order valence-electron chi connectivity index (χ2n) is 4.10. The summed E-state index contributed by atoms with van der Waals surface area (Å²) in [5.41, 5.74) is 0.940. The van der Waals surface area contributed by atoms with Crippen LogP contribution in [-0.4, -0.2) is 27.4 Å². The third kappa shape index (κ3) is 4.10. The Morgan fingerprint density at radius 2 is 2.05 bits per heavy atom. The van der Waals surface area contributed by atoms with E-state index in [2.05, 4.69) is 26.8 Å². The molecular formula is C11H14INO5S. The van der Waals surface area contributed by atoms with Crippen LogP contribution in [0.25, 0.3) is 0 Å². The highest BCUT2D eigenvalue weighted by atomic mass is 127. The predicted octanol–water partition coefficient (Wildman–Crippen LogP) is 1.31. The number of halogens is 1. The van der Waals surface area contributed by atoms with E-state index < -0.39 is 22.7 Å². The molecule has 1 fully saturated rings. The standard InChI is InChI=1S/C11H14INO5S/c1-7-17-10(6-16-19(13,14)15)11(18-7)8-4-2-3-5-9(8)12/h2-5,7,10-11H,6H2,1H3,(H2,13,14,15). The number of hydrogen-bond acceptors (Lipinski definition) is 5. The summed E-state index contributed by atoms with van der Waals surface area (Å²) in [6.45, 7) is 1.58. The van der Waals surface area contributed by atoms with Crippen molar-refractivity contribution in [3.63, 3.8) is 0 Å². The van der Waals surface area contributed by atoms with Crippen LogP contribution in [0.2, 0.25) is 0 Å². The first-order chi connectivity index (χ1) is 8.87. The molecule has 0 saturated carbocycles. The highest BCUT2D eigenvalue weighted by Crippen LogP contribution is 2.34. The van der Waals surface area contributed by atoms with Crippen molar-refractivity contribution >= 4 is 32.9 Å². The SMILES string of the molecule is CC1OC(COS(N)(=O)=O)C(c2ccccc2I)O1. The summed E-state index contributed by atoms with van der Waals surface area (Å²) in [7, 11) is -3.98. The fraction of sp³-hybridized carbons (Fsp3) is 0.455. The Hall–Kier alpha value is -0.260. The molecule has 2 N–H and O–H groups in total. The zero-order chi connectivity index (χ0) is 14.0. The van der Waals surface area contributed by atoms with Gasteiger partial charge in [0.05, 0.1) is 6.61 Å². The first-order valence-corrected chi connectivity index (χ1v) is 8.14. The maximum Gasteiger partial charge on any atom is 0.333 e. The van der Waals surface area contributed by atoms with Crippen molar-refractivity contribution in [2.45, 2.75) is 25.4 Å². The summed E-state index contributed by atoms with van der Waals surface area (Å²) in [6.07, 6.45) is -1.30. The van der Waals surface area contributed by atoms with Crippen LogP contribution in [0.3, 0.4) is 0 Å². The molecule has 0 spiro atoms. The van der Waals surface area contributed by atoms with Gasteiger partial charge in [0.15, 0.2) is 6.29 Å². The maximum atomic E-state index is 10.8. The Morgan fingerprint density at radius 1 is 1.37 bits per heavy atom. The molecule has 1 aromatic carbocycles. The summed E-state index contributed by atoms with van der Waals surface area (Å²) in [6, 6.07) is 7.67. The van der Waals surface area contributed by atoms with Gasteiger partial charge in [0.2, 0.25) is 0 Å². The molecule has 3 atom stereocenters. The van der Waals surface area contributed by atoms with Gasteiger partial charge >= 0.3 is 10.3 Å². The number of ether oxygens (including phenoxy) is 2. The van der Waals surface area contributed by atoms with E-state index in [-0.39, 0.29) is 12.7 Å². The summed E-state index contributed by atoms with van der Waals surface area (Å²) >= 11 is 2.19. The minimum atomic E-state index is -3.98. The van der Waals surface area contributed by atoms with Gasteiger partial charge in [0.1, 0.15) is 12.2 Å². The van der Waals surface area contributed by atoms with E-state index in [1.165, 1.54) is 0 Å². The first kappa shape index (κ1) is 15.1. The summed E-state index contributed by atoms with van der Waals surface area (Å²) in [5, 5.41) is 4.81. The molecule has 6 nitrogen and oxygen atoms in total. The number of hydrogen-bond donors (Lipinski definition) is 1. The molecule has 8 heteroatoms. The zero-order valence-corrected chi connectivity index (χ0v) is 13.1. The zero-order valence-electron chi connectivity index (χ0n) is 10.2. The molecule has 0 bridgehead atoms. The van der Waals surface area contributed by atoms with Crippen LogP contribution in [0.4, 0.5) is 0 Å². The van der Waals surface area contributed by atoms with E-state index in [1.54, 1.807) is 6.92 Å². The molecule has 1 aliphatic heterocycles. The first-order valence-electron chi connectivity index (χ1n) is 5.59. The summed E-state index contributed by atoms with van der Waals surface area (Å²) < 4.78 is 38.5. The van der Waals surface area contributed by atoms with E-state index in [4.69, 9.17) is 14.6 Å². The molecule has 0 radical (unpaired) electrons. The summed E-state index contributed by atoms with van der Waals surface area (Å²) in [5.74, 6) is 0. The van der Waals surface area contributed by atoms with Gasteiger partial charge in [-0.05, 0) is 41.1 Å². The lowest BCUT2D eigenvalue weighted by atomic mass is 10.1. The average molecular weight is 399 g/mol. The van der Waals surface area contributed by atoms with Crippen LogP contribution in [-0.2, 0) is 24.0 Å². The van der Waals surface area contributed by atoms with Crippen LogP contribution in [0.5, 0.6) is 0 Å². The van der Waals surface area contributed by atoms with Gasteiger partial charge in [0.25, 0.3) is 0 Å². The minimum Gasteiger partial charge on any atom is -0.344 e. The Morgan fingerprint density at radius 3 is 2.68 bits per heavy atom. The molecule has 1 saturated heterocycles. The highest BCUT2D eigenvalue weighted by Gasteiger charge is 2.36. The largest absolute Gasteiger partial charge is 0.344 e. The molecule has 106 valence electrons. The number of rotatable bonds is 4. The average Bonchev–Trinajstić information content (AvgIpc) is 2.67. The lowest BCUT2D eigenvalue weighted by molar-refractivity contribution is -0.0550. The van der Waals surface area contributed by atoms with Gasteiger partial charge < -0.3 is 9.47 Å². The molecule has 0 aromatic heterocycles. The molecule has 1 aliphatic rings. The van der Waals surface area contributed by atoms with Crippen molar-refractivity contribution in [1.29, 1.82) is 0 Å². The normalized spacial score (nSPS) is 27.6. The van der Waals surface area contributed by atoms with E-state index in [0.717, 1.165) is 9.13 Å². The van der Waals surface area contributed by atoms with Crippen LogP contribution in [0, 0.1) is 3.57 Å². The number of nitrogens with two attached hydrogens (primary N) is 1. The molecule has 1 aromatic rings. The monoisotopic (exact) mass is 399 g/mol. The summed E-state index contributed by atoms with van der Waals surface area (Å²) in [4.78, 5) is 0.